The van der Waals surface area contributed by atoms with Crippen molar-refractivity contribution >= 4 is 0 Å². The van der Waals surface area contributed by atoms with E-state index in [0.29, 0.717) is 0 Å². The lowest BCUT2D eigenvalue weighted by Crippen LogP contribution is -1.85. The van der Waals surface area contributed by atoms with E-state index >= 15 is 0 Å². The fraction of sp³-hybridized carbons (Fsp3) is 0.455. The first-order chi connectivity index (χ1) is 5.27. The van der Waals surface area contributed by atoms with Crippen LogP contribution in [0.15, 0.2) is 18.2 Å². The van der Waals surface area contributed by atoms with Crippen molar-refractivity contribution in [2.24, 2.45) is 0 Å². The van der Waals surface area contributed by atoms with Crippen LogP contribution in [0, 0.1) is 6.92 Å². The van der Waals surface area contributed by atoms with Crippen LogP contribution in [0.2, 0.25) is 0 Å². The highest BCUT2D eigenvalue weighted by atomic mass is 14.2. The highest BCUT2D eigenvalue weighted by Crippen LogP contribution is 2.32. The third-order valence-corrected chi connectivity index (χ3v) is 2.68. The van der Waals surface area contributed by atoms with Gasteiger partial charge in [0.25, 0.3) is 0 Å². The first-order valence-electron chi connectivity index (χ1n) is 4.37. The summed E-state index contributed by atoms with van der Waals surface area (Å²) >= 11 is 0. The first-order valence-corrected chi connectivity index (χ1v) is 4.37. The van der Waals surface area contributed by atoms with Crippen molar-refractivity contribution in [1.82, 2.24) is 0 Å². The van der Waals surface area contributed by atoms with Gasteiger partial charge in [0, 0.05) is 0 Å². The van der Waals surface area contributed by atoms with Crippen LogP contribution in [-0.2, 0) is 6.42 Å². The van der Waals surface area contributed by atoms with Gasteiger partial charge in [-0.15, -0.1) is 0 Å². The molecule has 0 saturated carbocycles. The molecule has 0 radical (unpaired) electrons. The first kappa shape index (κ1) is 6.90. The molecule has 1 unspecified atom stereocenters. The number of fused-ring (bicyclic) bond motifs is 1. The van der Waals surface area contributed by atoms with E-state index in [-0.39, 0.29) is 0 Å². The minimum absolute atomic E-state index is 0.797. The average molecular weight is 146 g/mol. The molecular weight excluding hydrogens is 132 g/mol. The van der Waals surface area contributed by atoms with Gasteiger partial charge in [0.15, 0.2) is 0 Å². The molecule has 0 aromatic heterocycles. The predicted octanol–water partition coefficient (Wildman–Crippen LogP) is 3.04. The molecule has 58 valence electrons. The Labute approximate surface area is 68.3 Å². The highest BCUT2D eigenvalue weighted by molar-refractivity contribution is 5.37. The van der Waals surface area contributed by atoms with Gasteiger partial charge < -0.3 is 0 Å². The van der Waals surface area contributed by atoms with Crippen molar-refractivity contribution < 1.29 is 0 Å². The van der Waals surface area contributed by atoms with Gasteiger partial charge in [-0.1, -0.05) is 30.7 Å². The predicted molar refractivity (Wildman–Crippen MR) is 47.9 cm³/mol. The third kappa shape index (κ3) is 1.07. The van der Waals surface area contributed by atoms with Crippen molar-refractivity contribution in [3.8, 4) is 0 Å². The summed E-state index contributed by atoms with van der Waals surface area (Å²) in [5.41, 5.74) is 4.56. The lowest BCUT2D eigenvalue weighted by Gasteiger charge is -2.03. The number of aryl methyl sites for hydroxylation is 2. The van der Waals surface area contributed by atoms with E-state index in [2.05, 4.69) is 32.0 Å². The quantitative estimate of drug-likeness (QED) is 0.527. The van der Waals surface area contributed by atoms with Gasteiger partial charge in [0.05, 0.1) is 0 Å². The molecule has 1 aliphatic carbocycles. The second-order valence-electron chi connectivity index (χ2n) is 3.64. The lowest BCUT2D eigenvalue weighted by molar-refractivity contribution is 0.747. The van der Waals surface area contributed by atoms with Crippen LogP contribution in [0.1, 0.15) is 36.0 Å². The number of hydrogen-bond donors (Lipinski definition) is 0. The van der Waals surface area contributed by atoms with Crippen LogP contribution in [0.25, 0.3) is 0 Å². The minimum atomic E-state index is 0.797. The number of hydrogen-bond acceptors (Lipinski definition) is 0. The molecule has 0 amide bonds. The number of rotatable bonds is 0. The summed E-state index contributed by atoms with van der Waals surface area (Å²) in [4.78, 5) is 0. The monoisotopic (exact) mass is 146 g/mol. The Morgan fingerprint density at radius 3 is 3.00 bits per heavy atom. The summed E-state index contributed by atoms with van der Waals surface area (Å²) < 4.78 is 0. The van der Waals surface area contributed by atoms with E-state index in [4.69, 9.17) is 0 Å². The zero-order valence-electron chi connectivity index (χ0n) is 7.22. The van der Waals surface area contributed by atoms with Gasteiger partial charge in [-0.2, -0.15) is 0 Å². The number of benzene rings is 1. The Kier molecular flexibility index (Phi) is 1.49. The Morgan fingerprint density at radius 2 is 2.18 bits per heavy atom. The smallest absolute Gasteiger partial charge is 0.0184 e. The fourth-order valence-electron chi connectivity index (χ4n) is 1.96. The van der Waals surface area contributed by atoms with E-state index in [1.54, 1.807) is 11.1 Å². The summed E-state index contributed by atoms with van der Waals surface area (Å²) in [7, 11) is 0. The zero-order valence-corrected chi connectivity index (χ0v) is 7.22. The van der Waals surface area contributed by atoms with Crippen molar-refractivity contribution in [2.75, 3.05) is 0 Å². The SMILES string of the molecule is Cc1ccc2c(c1)CCC2C. The summed E-state index contributed by atoms with van der Waals surface area (Å²) in [6, 6.07) is 6.85. The van der Waals surface area contributed by atoms with Gasteiger partial charge in [0.2, 0.25) is 0 Å². The van der Waals surface area contributed by atoms with Gasteiger partial charge >= 0.3 is 0 Å². The molecule has 0 spiro atoms. The Bertz CT molecular complexity index is 273. The molecule has 0 aliphatic heterocycles. The Morgan fingerprint density at radius 1 is 1.36 bits per heavy atom. The third-order valence-electron chi connectivity index (χ3n) is 2.68. The molecular formula is C11H14. The zero-order chi connectivity index (χ0) is 7.84. The summed E-state index contributed by atoms with van der Waals surface area (Å²) in [5, 5.41) is 0. The topological polar surface area (TPSA) is 0 Å². The maximum absolute atomic E-state index is 2.33. The molecule has 0 N–H and O–H groups in total. The van der Waals surface area contributed by atoms with Crippen LogP contribution in [0.3, 0.4) is 0 Å². The Hall–Kier alpha value is -0.780. The van der Waals surface area contributed by atoms with Crippen LogP contribution in [-0.4, -0.2) is 0 Å². The second-order valence-corrected chi connectivity index (χ2v) is 3.64. The molecule has 1 aromatic rings. The van der Waals surface area contributed by atoms with E-state index < -0.39 is 0 Å². The van der Waals surface area contributed by atoms with Crippen LogP contribution >= 0.6 is 0 Å². The fourth-order valence-corrected chi connectivity index (χ4v) is 1.96. The molecule has 1 aliphatic rings. The molecule has 11 heavy (non-hydrogen) atoms. The lowest BCUT2D eigenvalue weighted by atomic mass is 10.0. The van der Waals surface area contributed by atoms with Gasteiger partial charge in [-0.25, -0.2) is 0 Å². The second kappa shape index (κ2) is 2.37. The van der Waals surface area contributed by atoms with E-state index in [9.17, 15) is 0 Å². The molecule has 0 saturated heterocycles. The molecule has 0 nitrogen and oxygen atoms in total. The largest absolute Gasteiger partial charge is 0.0590 e. The Balaban J connectivity index is 2.50. The molecule has 1 atom stereocenters. The standard InChI is InChI=1S/C11H14/c1-8-3-6-11-9(2)4-5-10(11)7-8/h3,6-7,9H,4-5H2,1-2H3. The van der Waals surface area contributed by atoms with Crippen molar-refractivity contribution in [3.63, 3.8) is 0 Å². The van der Waals surface area contributed by atoms with Gasteiger partial charge in [-0.05, 0) is 36.8 Å². The summed E-state index contributed by atoms with van der Waals surface area (Å²) in [6.07, 6.45) is 2.64. The minimum Gasteiger partial charge on any atom is -0.0590 e. The van der Waals surface area contributed by atoms with Crippen LogP contribution in [0.5, 0.6) is 0 Å². The molecule has 0 fully saturated rings. The van der Waals surface area contributed by atoms with Gasteiger partial charge in [-0.3, -0.25) is 0 Å². The van der Waals surface area contributed by atoms with Crippen molar-refractivity contribution in [1.29, 1.82) is 0 Å². The molecule has 0 heteroatoms. The maximum Gasteiger partial charge on any atom is -0.0184 e. The molecule has 0 bridgehead atoms. The van der Waals surface area contributed by atoms with Crippen LogP contribution in [0.4, 0.5) is 0 Å². The average Bonchev–Trinajstić information content (AvgIpc) is 2.32. The normalized spacial score (nSPS) is 21.8. The highest BCUT2D eigenvalue weighted by Gasteiger charge is 2.17. The van der Waals surface area contributed by atoms with E-state index in [0.717, 1.165) is 5.92 Å². The summed E-state index contributed by atoms with van der Waals surface area (Å²) in [6.45, 7) is 4.49. The van der Waals surface area contributed by atoms with E-state index in [1.807, 2.05) is 0 Å². The van der Waals surface area contributed by atoms with Crippen molar-refractivity contribution in [3.05, 3.63) is 34.9 Å². The molecule has 1 aromatic carbocycles. The summed E-state index contributed by atoms with van der Waals surface area (Å²) in [5.74, 6) is 0.797. The molecule has 2 rings (SSSR count). The van der Waals surface area contributed by atoms with Gasteiger partial charge in [0.1, 0.15) is 0 Å². The van der Waals surface area contributed by atoms with Crippen LogP contribution < -0.4 is 0 Å². The molecule has 0 heterocycles. The van der Waals surface area contributed by atoms with Crippen molar-refractivity contribution in [2.45, 2.75) is 32.6 Å². The maximum atomic E-state index is 2.33. The van der Waals surface area contributed by atoms with E-state index in [1.165, 1.54) is 18.4 Å².